The Morgan fingerprint density at radius 3 is 2.43 bits per heavy atom. The molecule has 5 nitrogen and oxygen atoms in total. The van der Waals surface area contributed by atoms with Crippen LogP contribution in [0.1, 0.15) is 30.3 Å². The van der Waals surface area contributed by atoms with Gasteiger partial charge in [-0.1, -0.05) is 19.9 Å². The van der Waals surface area contributed by atoms with Crippen molar-refractivity contribution in [2.75, 3.05) is 26.2 Å². The topological polar surface area (TPSA) is 60.9 Å². The van der Waals surface area contributed by atoms with Gasteiger partial charge in [0.2, 0.25) is 0 Å². The number of hydrogen-bond acceptors (Lipinski definition) is 5. The minimum atomic E-state index is -0.709. The van der Waals surface area contributed by atoms with Crippen molar-refractivity contribution >= 4 is 28.8 Å². The molecule has 1 aromatic carbocycles. The molecule has 1 aliphatic heterocycles. The highest BCUT2D eigenvalue weighted by atomic mass is 32.1. The highest BCUT2D eigenvalue weighted by molar-refractivity contribution is 7.10. The molecule has 1 N–H and O–H groups in total. The van der Waals surface area contributed by atoms with Crippen molar-refractivity contribution in [1.29, 1.82) is 0 Å². The second kappa shape index (κ2) is 8.67. The lowest BCUT2D eigenvalue weighted by atomic mass is 10.00. The van der Waals surface area contributed by atoms with Gasteiger partial charge in [0.1, 0.15) is 11.6 Å². The Kier molecular flexibility index (Phi) is 6.26. The van der Waals surface area contributed by atoms with Gasteiger partial charge in [-0.05, 0) is 48.8 Å². The maximum atomic E-state index is 13.2. The van der Waals surface area contributed by atoms with Crippen molar-refractivity contribution in [3.05, 3.63) is 63.6 Å². The van der Waals surface area contributed by atoms with Crippen LogP contribution in [0.15, 0.2) is 47.4 Å². The van der Waals surface area contributed by atoms with Gasteiger partial charge in [-0.3, -0.25) is 9.59 Å². The van der Waals surface area contributed by atoms with E-state index in [0.717, 1.165) is 18.0 Å². The molecule has 28 heavy (non-hydrogen) atoms. The lowest BCUT2D eigenvalue weighted by Crippen LogP contribution is -2.37. The molecule has 1 aromatic heterocycles. The second-order valence-corrected chi connectivity index (χ2v) is 7.52. The van der Waals surface area contributed by atoms with Crippen molar-refractivity contribution in [3.8, 4) is 0 Å². The summed E-state index contributed by atoms with van der Waals surface area (Å²) in [4.78, 5) is 30.1. The molecule has 2 aromatic rings. The molecule has 1 atom stereocenters. The minimum absolute atomic E-state index is 0.0543. The lowest BCUT2D eigenvalue weighted by Gasteiger charge is -2.27. The fraction of sp³-hybridized carbons (Fsp3) is 0.333. The van der Waals surface area contributed by atoms with Crippen LogP contribution in [0, 0.1) is 5.82 Å². The van der Waals surface area contributed by atoms with E-state index < -0.39 is 23.5 Å². The van der Waals surface area contributed by atoms with Crippen LogP contribution in [0.2, 0.25) is 0 Å². The Bertz CT molecular complexity index is 874. The van der Waals surface area contributed by atoms with E-state index in [1.165, 1.54) is 40.5 Å². The quantitative estimate of drug-likeness (QED) is 0.436. The van der Waals surface area contributed by atoms with Crippen molar-refractivity contribution in [2.24, 2.45) is 0 Å². The molecule has 0 radical (unpaired) electrons. The van der Waals surface area contributed by atoms with E-state index in [-0.39, 0.29) is 11.3 Å². The zero-order valence-electron chi connectivity index (χ0n) is 15.9. The van der Waals surface area contributed by atoms with Crippen LogP contribution in [0.3, 0.4) is 0 Å². The van der Waals surface area contributed by atoms with Gasteiger partial charge in [-0.2, -0.15) is 0 Å². The Labute approximate surface area is 167 Å². The van der Waals surface area contributed by atoms with Crippen LogP contribution in [-0.4, -0.2) is 52.8 Å². The normalized spacial score (nSPS) is 19.0. The largest absolute Gasteiger partial charge is 0.507 e. The predicted octanol–water partition coefficient (Wildman–Crippen LogP) is 3.65. The maximum Gasteiger partial charge on any atom is 0.295 e. The molecule has 1 saturated heterocycles. The maximum absolute atomic E-state index is 13.2. The summed E-state index contributed by atoms with van der Waals surface area (Å²) >= 11 is 1.43. The van der Waals surface area contributed by atoms with Gasteiger partial charge in [-0.25, -0.2) is 4.39 Å². The lowest BCUT2D eigenvalue weighted by molar-refractivity contribution is -0.140. The standard InChI is InChI=1S/C21H23FN2O3S/c1-3-23(4-2)11-12-24-18(16-6-5-13-28-16)17(20(26)21(24)27)19(25)14-7-9-15(22)10-8-14/h5-10,13,18,25H,3-4,11-12H2,1-2H3. The Morgan fingerprint density at radius 1 is 1.18 bits per heavy atom. The molecule has 0 spiro atoms. The first kappa shape index (κ1) is 20.2. The van der Waals surface area contributed by atoms with Crippen molar-refractivity contribution in [1.82, 2.24) is 9.80 Å². The summed E-state index contributed by atoms with van der Waals surface area (Å²) in [5, 5.41) is 12.7. The summed E-state index contributed by atoms with van der Waals surface area (Å²) in [5.74, 6) is -2.04. The van der Waals surface area contributed by atoms with Crippen molar-refractivity contribution in [3.63, 3.8) is 0 Å². The summed E-state index contributed by atoms with van der Waals surface area (Å²) in [7, 11) is 0. The highest BCUT2D eigenvalue weighted by Gasteiger charge is 2.46. The molecule has 7 heteroatoms. The number of likely N-dealkylation sites (tertiary alicyclic amines) is 1. The fourth-order valence-corrected chi connectivity index (χ4v) is 4.25. The third-order valence-electron chi connectivity index (χ3n) is 5.02. The van der Waals surface area contributed by atoms with E-state index in [9.17, 15) is 19.1 Å². The number of carbonyl (C=O) groups is 2. The molecule has 1 aliphatic rings. The van der Waals surface area contributed by atoms with Gasteiger partial charge in [0.25, 0.3) is 11.7 Å². The van der Waals surface area contributed by atoms with E-state index in [1.54, 1.807) is 0 Å². The molecule has 2 heterocycles. The molecule has 1 unspecified atom stereocenters. The van der Waals surface area contributed by atoms with Crippen LogP contribution in [0.5, 0.6) is 0 Å². The Morgan fingerprint density at radius 2 is 1.86 bits per heavy atom. The first-order valence-electron chi connectivity index (χ1n) is 9.28. The molecule has 148 valence electrons. The Hall–Kier alpha value is -2.51. The highest BCUT2D eigenvalue weighted by Crippen LogP contribution is 2.40. The number of carbonyl (C=O) groups excluding carboxylic acids is 2. The smallest absolute Gasteiger partial charge is 0.295 e. The summed E-state index contributed by atoms with van der Waals surface area (Å²) in [6.07, 6.45) is 0. The molecular formula is C21H23FN2O3S. The fourth-order valence-electron chi connectivity index (χ4n) is 3.41. The van der Waals surface area contributed by atoms with Gasteiger partial charge in [-0.15, -0.1) is 11.3 Å². The number of ketones is 1. The van der Waals surface area contributed by atoms with Crippen LogP contribution in [-0.2, 0) is 9.59 Å². The zero-order valence-corrected chi connectivity index (χ0v) is 16.7. The number of Topliss-reactive ketones (excluding diaryl/α,β-unsaturated/α-hetero) is 1. The molecule has 1 fully saturated rings. The van der Waals surface area contributed by atoms with Crippen LogP contribution in [0.4, 0.5) is 4.39 Å². The van der Waals surface area contributed by atoms with Crippen molar-refractivity contribution in [2.45, 2.75) is 19.9 Å². The average Bonchev–Trinajstić information content (AvgIpc) is 3.31. The summed E-state index contributed by atoms with van der Waals surface area (Å²) in [6, 6.07) is 8.29. The SMILES string of the molecule is CCN(CC)CCN1C(=O)C(=O)C(=C(O)c2ccc(F)cc2)C1c1cccs1. The van der Waals surface area contributed by atoms with Crippen LogP contribution >= 0.6 is 11.3 Å². The average molecular weight is 402 g/mol. The number of amides is 1. The molecule has 0 saturated carbocycles. The number of aliphatic hydroxyl groups excluding tert-OH is 1. The first-order valence-corrected chi connectivity index (χ1v) is 10.2. The first-order chi connectivity index (χ1) is 13.5. The van der Waals surface area contributed by atoms with E-state index in [0.29, 0.717) is 18.7 Å². The monoisotopic (exact) mass is 402 g/mol. The van der Waals surface area contributed by atoms with Gasteiger partial charge >= 0.3 is 0 Å². The number of benzene rings is 1. The van der Waals surface area contributed by atoms with E-state index in [4.69, 9.17) is 0 Å². The third kappa shape index (κ3) is 3.86. The molecule has 0 bridgehead atoms. The summed E-state index contributed by atoms with van der Waals surface area (Å²) < 4.78 is 13.2. The molecule has 0 aliphatic carbocycles. The van der Waals surface area contributed by atoms with E-state index in [1.807, 2.05) is 31.4 Å². The second-order valence-electron chi connectivity index (χ2n) is 6.54. The number of rotatable bonds is 7. The van der Waals surface area contributed by atoms with Gasteiger partial charge in [0, 0.05) is 23.5 Å². The van der Waals surface area contributed by atoms with Crippen LogP contribution in [0.25, 0.3) is 5.76 Å². The predicted molar refractivity (Wildman–Crippen MR) is 108 cm³/mol. The zero-order chi connectivity index (χ0) is 20.3. The Balaban J connectivity index is 2.03. The van der Waals surface area contributed by atoms with Crippen LogP contribution < -0.4 is 0 Å². The minimum Gasteiger partial charge on any atom is -0.507 e. The van der Waals surface area contributed by atoms with E-state index in [2.05, 4.69) is 4.90 Å². The summed E-state index contributed by atoms with van der Waals surface area (Å²) in [6.45, 7) is 6.80. The van der Waals surface area contributed by atoms with Gasteiger partial charge in [0.05, 0.1) is 11.6 Å². The summed E-state index contributed by atoms with van der Waals surface area (Å²) in [5.41, 5.74) is 0.364. The molecule has 3 rings (SSSR count). The number of halogens is 1. The third-order valence-corrected chi connectivity index (χ3v) is 5.95. The van der Waals surface area contributed by atoms with Gasteiger partial charge < -0.3 is 14.9 Å². The molecule has 1 amide bonds. The number of hydrogen-bond donors (Lipinski definition) is 1. The number of thiophene rings is 1. The van der Waals surface area contributed by atoms with Crippen molar-refractivity contribution < 1.29 is 19.1 Å². The number of nitrogens with zero attached hydrogens (tertiary/aromatic N) is 2. The van der Waals surface area contributed by atoms with E-state index >= 15 is 0 Å². The number of aliphatic hydroxyl groups is 1. The number of likely N-dealkylation sites (N-methyl/N-ethyl adjacent to an activating group) is 1. The molecular weight excluding hydrogens is 379 g/mol. The van der Waals surface area contributed by atoms with Gasteiger partial charge in [0.15, 0.2) is 0 Å².